The van der Waals surface area contributed by atoms with E-state index in [0.717, 1.165) is 0 Å². The van der Waals surface area contributed by atoms with Gasteiger partial charge in [-0.25, -0.2) is 4.79 Å². The first-order chi connectivity index (χ1) is 7.47. The van der Waals surface area contributed by atoms with Gasteiger partial charge in [-0.1, -0.05) is 28.6 Å². The van der Waals surface area contributed by atoms with E-state index in [2.05, 4.69) is 27.2 Å². The Morgan fingerprint density at radius 2 is 2.19 bits per heavy atom. The number of nitro benzene ring substituents is 1. The van der Waals surface area contributed by atoms with E-state index in [1.807, 2.05) is 0 Å². The van der Waals surface area contributed by atoms with Crippen molar-refractivity contribution in [2.75, 3.05) is 7.11 Å². The summed E-state index contributed by atoms with van der Waals surface area (Å²) in [6.45, 7) is 3.60. The fourth-order valence-electron chi connectivity index (χ4n) is 1.13. The molecule has 0 heterocycles. The van der Waals surface area contributed by atoms with Crippen LogP contribution in [-0.2, 0) is 4.74 Å². The maximum atomic E-state index is 11.3. The van der Waals surface area contributed by atoms with Crippen molar-refractivity contribution in [3.8, 4) is 0 Å². The molecule has 1 rings (SSSR count). The summed E-state index contributed by atoms with van der Waals surface area (Å²) in [6.07, 6.45) is 0. The van der Waals surface area contributed by atoms with E-state index < -0.39 is 10.9 Å². The minimum Gasteiger partial charge on any atom is -0.465 e. The number of methoxy groups -OCH3 is 1. The maximum absolute atomic E-state index is 11.3. The van der Waals surface area contributed by atoms with Crippen molar-refractivity contribution in [3.05, 3.63) is 46.0 Å². The van der Waals surface area contributed by atoms with Gasteiger partial charge >= 0.3 is 5.97 Å². The molecule has 0 atom stereocenters. The number of carbonyl (C=O) groups excluding carboxylic acids is 1. The number of benzene rings is 1. The Bertz CT molecular complexity index is 470. The molecule has 6 heteroatoms. The predicted molar refractivity (Wildman–Crippen MR) is 62.4 cm³/mol. The standard InChI is InChI=1S/C10H8BrNO4/c1-6(11)7-3-4-8(10(13)16-2)9(5-7)12(14)15/h3-5H,1H2,2H3. The largest absolute Gasteiger partial charge is 0.465 e. The van der Waals surface area contributed by atoms with Crippen molar-refractivity contribution in [3.63, 3.8) is 0 Å². The molecule has 0 aliphatic rings. The second kappa shape index (κ2) is 4.89. The molecule has 0 aliphatic carbocycles. The molecule has 1 aromatic carbocycles. The molecule has 0 fully saturated rings. The molecule has 0 aliphatic heterocycles. The van der Waals surface area contributed by atoms with Gasteiger partial charge in [0.05, 0.1) is 12.0 Å². The first-order valence-electron chi connectivity index (χ1n) is 4.19. The van der Waals surface area contributed by atoms with Crippen molar-refractivity contribution in [2.24, 2.45) is 0 Å². The molecular weight excluding hydrogens is 278 g/mol. The topological polar surface area (TPSA) is 69.4 Å². The number of halogens is 1. The van der Waals surface area contributed by atoms with Crippen LogP contribution in [0.4, 0.5) is 5.69 Å². The molecule has 84 valence electrons. The lowest BCUT2D eigenvalue weighted by Crippen LogP contribution is -2.05. The molecule has 0 N–H and O–H groups in total. The zero-order valence-electron chi connectivity index (χ0n) is 8.40. The SMILES string of the molecule is C=C(Br)c1ccc(C(=O)OC)c([N+](=O)[O-])c1. The van der Waals surface area contributed by atoms with Gasteiger partial charge in [0.25, 0.3) is 5.69 Å². The smallest absolute Gasteiger partial charge is 0.344 e. The summed E-state index contributed by atoms with van der Waals surface area (Å²) in [6, 6.07) is 4.16. The minimum absolute atomic E-state index is 0.0787. The lowest BCUT2D eigenvalue weighted by Gasteiger charge is -2.03. The van der Waals surface area contributed by atoms with Crippen molar-refractivity contribution in [1.29, 1.82) is 0 Å². The van der Waals surface area contributed by atoms with Gasteiger partial charge in [-0.2, -0.15) is 0 Å². The van der Waals surface area contributed by atoms with Crippen molar-refractivity contribution >= 4 is 32.1 Å². The van der Waals surface area contributed by atoms with Crippen molar-refractivity contribution in [1.82, 2.24) is 0 Å². The van der Waals surface area contributed by atoms with Crippen molar-refractivity contribution in [2.45, 2.75) is 0 Å². The average Bonchev–Trinajstić information content (AvgIpc) is 2.26. The van der Waals surface area contributed by atoms with E-state index in [-0.39, 0.29) is 11.3 Å². The second-order valence-corrected chi connectivity index (χ2v) is 3.84. The van der Waals surface area contributed by atoms with Crippen LogP contribution in [0.5, 0.6) is 0 Å². The van der Waals surface area contributed by atoms with E-state index in [1.54, 1.807) is 6.07 Å². The van der Waals surface area contributed by atoms with Gasteiger partial charge in [0, 0.05) is 10.5 Å². The third kappa shape index (κ3) is 2.46. The van der Waals surface area contributed by atoms with Gasteiger partial charge in [0.2, 0.25) is 0 Å². The second-order valence-electron chi connectivity index (χ2n) is 2.89. The Labute approximate surface area is 100.0 Å². The van der Waals surface area contributed by atoms with E-state index in [0.29, 0.717) is 10.0 Å². The highest BCUT2D eigenvalue weighted by Gasteiger charge is 2.21. The van der Waals surface area contributed by atoms with Gasteiger partial charge in [0.1, 0.15) is 5.56 Å². The Morgan fingerprint density at radius 3 is 2.62 bits per heavy atom. The summed E-state index contributed by atoms with van der Waals surface area (Å²) >= 11 is 3.11. The lowest BCUT2D eigenvalue weighted by atomic mass is 10.1. The molecule has 0 amide bonds. The highest BCUT2D eigenvalue weighted by Crippen LogP contribution is 2.26. The van der Waals surface area contributed by atoms with Crippen molar-refractivity contribution < 1.29 is 14.5 Å². The summed E-state index contributed by atoms with van der Waals surface area (Å²) in [5.74, 6) is -0.738. The molecule has 5 nitrogen and oxygen atoms in total. The third-order valence-corrected chi connectivity index (χ3v) is 2.37. The number of carbonyl (C=O) groups is 1. The average molecular weight is 286 g/mol. The van der Waals surface area contributed by atoms with E-state index in [4.69, 9.17) is 0 Å². The molecule has 16 heavy (non-hydrogen) atoms. The van der Waals surface area contributed by atoms with E-state index in [9.17, 15) is 14.9 Å². The molecule has 0 spiro atoms. The summed E-state index contributed by atoms with van der Waals surface area (Å²) in [5, 5.41) is 10.8. The van der Waals surface area contributed by atoms with Crippen LogP contribution in [0.25, 0.3) is 4.48 Å². The Hall–Kier alpha value is -1.69. The maximum Gasteiger partial charge on any atom is 0.344 e. The quantitative estimate of drug-likeness (QED) is 0.486. The monoisotopic (exact) mass is 285 g/mol. The zero-order valence-corrected chi connectivity index (χ0v) is 9.98. The molecular formula is C10H8BrNO4. The Morgan fingerprint density at radius 1 is 1.56 bits per heavy atom. The molecule has 0 saturated carbocycles. The minimum atomic E-state index is -0.738. The van der Waals surface area contributed by atoms with Gasteiger partial charge in [-0.15, -0.1) is 0 Å². The third-order valence-electron chi connectivity index (χ3n) is 1.91. The highest BCUT2D eigenvalue weighted by molar-refractivity contribution is 9.15. The van der Waals surface area contributed by atoms with Crippen LogP contribution in [0.1, 0.15) is 15.9 Å². The van der Waals surface area contributed by atoms with E-state index in [1.165, 1.54) is 19.2 Å². The molecule has 0 bridgehead atoms. The number of nitro groups is 1. The Kier molecular flexibility index (Phi) is 3.78. The number of hydrogen-bond donors (Lipinski definition) is 0. The van der Waals surface area contributed by atoms with Crippen LogP contribution in [0.3, 0.4) is 0 Å². The molecule has 0 unspecified atom stereocenters. The van der Waals surface area contributed by atoms with Crippen LogP contribution in [0.2, 0.25) is 0 Å². The normalized spacial score (nSPS) is 9.62. The summed E-state index contributed by atoms with van der Waals surface area (Å²) in [4.78, 5) is 21.4. The van der Waals surface area contributed by atoms with Crippen LogP contribution in [-0.4, -0.2) is 18.0 Å². The number of esters is 1. The first-order valence-corrected chi connectivity index (χ1v) is 4.98. The number of hydrogen-bond acceptors (Lipinski definition) is 4. The van der Waals surface area contributed by atoms with Crippen LogP contribution in [0.15, 0.2) is 24.8 Å². The molecule has 0 saturated heterocycles. The van der Waals surface area contributed by atoms with Gasteiger partial charge in [-0.05, 0) is 11.6 Å². The van der Waals surface area contributed by atoms with Crippen LogP contribution < -0.4 is 0 Å². The Balaban J connectivity index is 3.36. The zero-order chi connectivity index (χ0) is 12.3. The molecule has 0 radical (unpaired) electrons. The van der Waals surface area contributed by atoms with Gasteiger partial charge in [0.15, 0.2) is 0 Å². The number of nitrogens with zero attached hydrogens (tertiary/aromatic N) is 1. The number of ether oxygens (including phenoxy) is 1. The fraction of sp³-hybridized carbons (Fsp3) is 0.100. The first kappa shape index (κ1) is 12.4. The lowest BCUT2D eigenvalue weighted by molar-refractivity contribution is -0.385. The van der Waals surface area contributed by atoms with Gasteiger partial charge < -0.3 is 4.74 Å². The van der Waals surface area contributed by atoms with Gasteiger partial charge in [-0.3, -0.25) is 10.1 Å². The van der Waals surface area contributed by atoms with E-state index >= 15 is 0 Å². The molecule has 1 aromatic rings. The molecule has 0 aromatic heterocycles. The van der Waals surface area contributed by atoms with Crippen LogP contribution >= 0.6 is 15.9 Å². The van der Waals surface area contributed by atoms with Crippen LogP contribution in [0, 0.1) is 10.1 Å². The summed E-state index contributed by atoms with van der Waals surface area (Å²) < 4.78 is 4.96. The number of rotatable bonds is 3. The summed E-state index contributed by atoms with van der Waals surface area (Å²) in [7, 11) is 1.17. The predicted octanol–water partition coefficient (Wildman–Crippen LogP) is 2.75. The fourth-order valence-corrected chi connectivity index (χ4v) is 1.38. The summed E-state index contributed by atoms with van der Waals surface area (Å²) in [5.41, 5.74) is 0.161. The highest BCUT2D eigenvalue weighted by atomic mass is 79.9.